The van der Waals surface area contributed by atoms with Gasteiger partial charge in [0.05, 0.1) is 17.2 Å². The van der Waals surface area contributed by atoms with Crippen molar-refractivity contribution in [2.45, 2.75) is 19.9 Å². The summed E-state index contributed by atoms with van der Waals surface area (Å²) >= 11 is 0. The normalized spacial score (nSPS) is 15.9. The van der Waals surface area contributed by atoms with E-state index < -0.39 is 6.04 Å². The number of carbonyl (C=O) groups excluding carboxylic acids is 2. The summed E-state index contributed by atoms with van der Waals surface area (Å²) in [6, 6.07) is 4.70. The zero-order valence-electron chi connectivity index (χ0n) is 9.15. The van der Waals surface area contributed by atoms with Crippen molar-refractivity contribution in [2.75, 3.05) is 0 Å². The van der Waals surface area contributed by atoms with Gasteiger partial charge in [-0.15, -0.1) is 6.42 Å². The minimum atomic E-state index is -0.507. The van der Waals surface area contributed by atoms with Crippen LogP contribution >= 0.6 is 0 Å². The standard InChI is InChI=1S/C13H11NO2/c1-4-9(3)14-12(15)10-6-5-8(2)7-11(10)13(14)16/h1,5-7,9H,2-3H3. The van der Waals surface area contributed by atoms with Gasteiger partial charge in [0.2, 0.25) is 0 Å². The second-order valence-corrected chi connectivity index (χ2v) is 3.87. The van der Waals surface area contributed by atoms with Crippen molar-refractivity contribution >= 4 is 11.8 Å². The van der Waals surface area contributed by atoms with E-state index in [4.69, 9.17) is 6.42 Å². The van der Waals surface area contributed by atoms with Crippen molar-refractivity contribution in [1.29, 1.82) is 0 Å². The molecule has 80 valence electrons. The average Bonchev–Trinajstić information content (AvgIpc) is 2.51. The van der Waals surface area contributed by atoms with Crippen molar-refractivity contribution in [1.82, 2.24) is 4.90 Å². The number of benzene rings is 1. The van der Waals surface area contributed by atoms with Crippen LogP contribution in [0.25, 0.3) is 0 Å². The molecule has 0 spiro atoms. The lowest BCUT2D eigenvalue weighted by Crippen LogP contribution is -2.36. The molecule has 1 aliphatic rings. The SMILES string of the molecule is C#CC(C)N1C(=O)c2ccc(C)cc2C1=O. The smallest absolute Gasteiger partial charge is 0.262 e. The number of nitrogens with zero attached hydrogens (tertiary/aromatic N) is 1. The predicted molar refractivity (Wildman–Crippen MR) is 60.0 cm³/mol. The third-order valence-electron chi connectivity index (χ3n) is 2.70. The molecule has 3 heteroatoms. The maximum absolute atomic E-state index is 12.0. The van der Waals surface area contributed by atoms with E-state index in [0.717, 1.165) is 10.5 Å². The van der Waals surface area contributed by atoms with Crippen molar-refractivity contribution in [3.05, 3.63) is 34.9 Å². The first-order chi connectivity index (χ1) is 7.56. The quantitative estimate of drug-likeness (QED) is 0.525. The van der Waals surface area contributed by atoms with Crippen molar-refractivity contribution in [2.24, 2.45) is 0 Å². The lowest BCUT2D eigenvalue weighted by atomic mass is 10.1. The highest BCUT2D eigenvalue weighted by molar-refractivity contribution is 6.21. The van der Waals surface area contributed by atoms with E-state index in [1.807, 2.05) is 13.0 Å². The Morgan fingerprint density at radius 2 is 1.88 bits per heavy atom. The van der Waals surface area contributed by atoms with E-state index in [-0.39, 0.29) is 11.8 Å². The molecule has 0 aliphatic carbocycles. The molecule has 1 unspecified atom stereocenters. The summed E-state index contributed by atoms with van der Waals surface area (Å²) in [5.74, 6) is 1.80. The summed E-state index contributed by atoms with van der Waals surface area (Å²) in [6.45, 7) is 3.54. The summed E-state index contributed by atoms with van der Waals surface area (Å²) in [4.78, 5) is 25.0. The average molecular weight is 213 g/mol. The van der Waals surface area contributed by atoms with E-state index >= 15 is 0 Å². The first kappa shape index (κ1) is 10.4. The van der Waals surface area contributed by atoms with Crippen LogP contribution in [0.3, 0.4) is 0 Å². The van der Waals surface area contributed by atoms with E-state index in [1.165, 1.54) is 0 Å². The van der Waals surface area contributed by atoms with Gasteiger partial charge in [-0.2, -0.15) is 0 Å². The molecule has 0 saturated heterocycles. The number of rotatable bonds is 1. The summed E-state index contributed by atoms with van der Waals surface area (Å²) < 4.78 is 0. The molecule has 2 amide bonds. The van der Waals surface area contributed by atoms with E-state index in [9.17, 15) is 9.59 Å². The molecule has 1 aromatic rings. The van der Waals surface area contributed by atoms with Crippen LogP contribution in [0, 0.1) is 19.3 Å². The molecule has 2 rings (SSSR count). The van der Waals surface area contributed by atoms with Crippen LogP contribution in [-0.2, 0) is 0 Å². The summed E-state index contributed by atoms with van der Waals surface area (Å²) in [6.07, 6.45) is 5.24. The maximum Gasteiger partial charge on any atom is 0.262 e. The number of aryl methyl sites for hydroxylation is 1. The van der Waals surface area contributed by atoms with E-state index in [1.54, 1.807) is 19.1 Å². The Labute approximate surface area is 94.1 Å². The second-order valence-electron chi connectivity index (χ2n) is 3.87. The monoisotopic (exact) mass is 213 g/mol. The number of fused-ring (bicyclic) bond motifs is 1. The lowest BCUT2D eigenvalue weighted by molar-refractivity contribution is 0.0630. The highest BCUT2D eigenvalue weighted by Crippen LogP contribution is 2.25. The van der Waals surface area contributed by atoms with Crippen LogP contribution in [0.1, 0.15) is 33.2 Å². The second kappa shape index (κ2) is 3.49. The van der Waals surface area contributed by atoms with Gasteiger partial charge in [0.1, 0.15) is 0 Å². The molecule has 0 fully saturated rings. The molecule has 0 aromatic heterocycles. The molecule has 0 saturated carbocycles. The van der Waals surface area contributed by atoms with Crippen LogP contribution in [0.2, 0.25) is 0 Å². The molecular formula is C13H11NO2. The summed E-state index contributed by atoms with van der Waals surface area (Å²) in [5.41, 5.74) is 1.85. The minimum Gasteiger partial charge on any atom is -0.269 e. The molecule has 0 bridgehead atoms. The maximum atomic E-state index is 12.0. The van der Waals surface area contributed by atoms with Gasteiger partial charge in [0.15, 0.2) is 0 Å². The van der Waals surface area contributed by atoms with Gasteiger partial charge in [0, 0.05) is 0 Å². The molecule has 1 atom stereocenters. The van der Waals surface area contributed by atoms with Crippen molar-refractivity contribution in [3.63, 3.8) is 0 Å². The third kappa shape index (κ3) is 1.31. The zero-order valence-corrected chi connectivity index (χ0v) is 9.15. The van der Waals surface area contributed by atoms with Gasteiger partial charge in [0.25, 0.3) is 11.8 Å². The first-order valence-corrected chi connectivity index (χ1v) is 5.01. The fraction of sp³-hybridized carbons (Fsp3) is 0.231. The Morgan fingerprint density at radius 1 is 1.25 bits per heavy atom. The van der Waals surface area contributed by atoms with Gasteiger partial charge in [-0.25, -0.2) is 0 Å². The molecule has 0 N–H and O–H groups in total. The zero-order chi connectivity index (χ0) is 11.9. The summed E-state index contributed by atoms with van der Waals surface area (Å²) in [5, 5.41) is 0. The lowest BCUT2D eigenvalue weighted by Gasteiger charge is -2.16. The van der Waals surface area contributed by atoms with Crippen LogP contribution in [-0.4, -0.2) is 22.8 Å². The topological polar surface area (TPSA) is 37.4 Å². The minimum absolute atomic E-state index is 0.297. The van der Waals surface area contributed by atoms with E-state index in [2.05, 4.69) is 5.92 Å². The molecular weight excluding hydrogens is 202 g/mol. The highest BCUT2D eigenvalue weighted by Gasteiger charge is 2.37. The molecule has 3 nitrogen and oxygen atoms in total. The number of amides is 2. The Bertz CT molecular complexity index is 525. The third-order valence-corrected chi connectivity index (χ3v) is 2.70. The Morgan fingerprint density at radius 3 is 2.50 bits per heavy atom. The molecule has 0 radical (unpaired) electrons. The van der Waals surface area contributed by atoms with Gasteiger partial charge >= 0.3 is 0 Å². The van der Waals surface area contributed by atoms with E-state index in [0.29, 0.717) is 11.1 Å². The summed E-state index contributed by atoms with van der Waals surface area (Å²) in [7, 11) is 0. The van der Waals surface area contributed by atoms with Gasteiger partial charge in [-0.05, 0) is 26.0 Å². The predicted octanol–water partition coefficient (Wildman–Crippen LogP) is 1.61. The van der Waals surface area contributed by atoms with Crippen molar-refractivity contribution < 1.29 is 9.59 Å². The Kier molecular flexibility index (Phi) is 2.28. The number of terminal acetylenes is 1. The van der Waals surface area contributed by atoms with Crippen LogP contribution in [0.15, 0.2) is 18.2 Å². The number of hydrogen-bond donors (Lipinski definition) is 0. The fourth-order valence-corrected chi connectivity index (χ4v) is 1.80. The number of imide groups is 1. The number of carbonyl (C=O) groups is 2. The first-order valence-electron chi connectivity index (χ1n) is 5.01. The fourth-order valence-electron chi connectivity index (χ4n) is 1.80. The number of hydrogen-bond acceptors (Lipinski definition) is 2. The Balaban J connectivity index is 2.53. The van der Waals surface area contributed by atoms with Gasteiger partial charge in [-0.1, -0.05) is 17.6 Å². The van der Waals surface area contributed by atoms with Crippen LogP contribution < -0.4 is 0 Å². The van der Waals surface area contributed by atoms with Gasteiger partial charge in [-0.3, -0.25) is 14.5 Å². The van der Waals surface area contributed by atoms with Crippen LogP contribution in [0.4, 0.5) is 0 Å². The molecule has 1 heterocycles. The molecule has 1 aromatic carbocycles. The van der Waals surface area contributed by atoms with Crippen molar-refractivity contribution in [3.8, 4) is 12.3 Å². The largest absolute Gasteiger partial charge is 0.269 e. The van der Waals surface area contributed by atoms with Crippen LogP contribution in [0.5, 0.6) is 0 Å². The Hall–Kier alpha value is -2.08. The molecule has 16 heavy (non-hydrogen) atoms. The van der Waals surface area contributed by atoms with Gasteiger partial charge < -0.3 is 0 Å². The molecule has 1 aliphatic heterocycles. The highest BCUT2D eigenvalue weighted by atomic mass is 16.2.